The molecule has 0 radical (unpaired) electrons. The second-order valence-corrected chi connectivity index (χ2v) is 4.52. The molecule has 0 saturated heterocycles. The average molecular weight is 285 g/mol. The van der Waals surface area contributed by atoms with E-state index in [1.807, 2.05) is 19.1 Å². The van der Waals surface area contributed by atoms with Gasteiger partial charge in [0.05, 0.1) is 11.3 Å². The summed E-state index contributed by atoms with van der Waals surface area (Å²) < 4.78 is 0. The third kappa shape index (κ3) is 4.83. The zero-order chi connectivity index (χ0) is 14.9. The van der Waals surface area contributed by atoms with Crippen molar-refractivity contribution in [2.75, 3.05) is 18.4 Å². The van der Waals surface area contributed by atoms with E-state index in [1.54, 1.807) is 24.8 Å². The SMILES string of the molecule is CCc1ncc(C(=O)NCCCNc2cccnc2)cn1. The number of aromatic nitrogens is 3. The van der Waals surface area contributed by atoms with Crippen LogP contribution in [0.3, 0.4) is 0 Å². The molecule has 6 heteroatoms. The lowest BCUT2D eigenvalue weighted by atomic mass is 10.3. The van der Waals surface area contributed by atoms with Crippen molar-refractivity contribution in [3.05, 3.63) is 48.3 Å². The Morgan fingerprint density at radius 2 is 2.00 bits per heavy atom. The fourth-order valence-electron chi connectivity index (χ4n) is 1.75. The maximum Gasteiger partial charge on any atom is 0.254 e. The molecule has 6 nitrogen and oxygen atoms in total. The Balaban J connectivity index is 1.67. The van der Waals surface area contributed by atoms with Crippen molar-refractivity contribution in [3.63, 3.8) is 0 Å². The lowest BCUT2D eigenvalue weighted by Gasteiger charge is -2.07. The summed E-state index contributed by atoms with van der Waals surface area (Å²) in [7, 11) is 0. The Morgan fingerprint density at radius 1 is 1.19 bits per heavy atom. The lowest BCUT2D eigenvalue weighted by molar-refractivity contribution is 0.0953. The van der Waals surface area contributed by atoms with Crippen LogP contribution in [0, 0.1) is 0 Å². The van der Waals surface area contributed by atoms with E-state index >= 15 is 0 Å². The highest BCUT2D eigenvalue weighted by molar-refractivity contribution is 5.93. The molecular weight excluding hydrogens is 266 g/mol. The van der Waals surface area contributed by atoms with Crippen molar-refractivity contribution in [3.8, 4) is 0 Å². The maximum atomic E-state index is 11.9. The van der Waals surface area contributed by atoms with Gasteiger partial charge in [-0.2, -0.15) is 0 Å². The Kier molecular flexibility index (Phi) is 5.63. The first kappa shape index (κ1) is 14.9. The van der Waals surface area contributed by atoms with Gasteiger partial charge in [0.1, 0.15) is 5.82 Å². The van der Waals surface area contributed by atoms with Crippen LogP contribution >= 0.6 is 0 Å². The van der Waals surface area contributed by atoms with Gasteiger partial charge in [0.2, 0.25) is 0 Å². The molecule has 110 valence electrons. The zero-order valence-electron chi connectivity index (χ0n) is 12.0. The summed E-state index contributed by atoms with van der Waals surface area (Å²) in [5.41, 5.74) is 1.47. The topological polar surface area (TPSA) is 79.8 Å². The minimum Gasteiger partial charge on any atom is -0.384 e. The van der Waals surface area contributed by atoms with Crippen LogP contribution in [0.5, 0.6) is 0 Å². The summed E-state index contributed by atoms with van der Waals surface area (Å²) >= 11 is 0. The zero-order valence-corrected chi connectivity index (χ0v) is 12.0. The summed E-state index contributed by atoms with van der Waals surface area (Å²) in [6.45, 7) is 3.35. The molecule has 0 atom stereocenters. The number of carbonyl (C=O) groups excluding carboxylic acids is 1. The smallest absolute Gasteiger partial charge is 0.254 e. The quantitative estimate of drug-likeness (QED) is 0.756. The number of aryl methyl sites for hydroxylation is 1. The summed E-state index contributed by atoms with van der Waals surface area (Å²) in [6, 6.07) is 3.84. The molecule has 0 aliphatic rings. The van der Waals surface area contributed by atoms with Gasteiger partial charge in [-0.15, -0.1) is 0 Å². The third-order valence-corrected chi connectivity index (χ3v) is 2.91. The molecule has 0 spiro atoms. The van der Waals surface area contributed by atoms with Crippen molar-refractivity contribution in [1.82, 2.24) is 20.3 Å². The van der Waals surface area contributed by atoms with Crippen LogP contribution in [0.15, 0.2) is 36.9 Å². The molecule has 1 amide bonds. The first-order chi connectivity index (χ1) is 10.3. The van der Waals surface area contributed by atoms with E-state index in [1.165, 1.54) is 0 Å². The normalized spacial score (nSPS) is 10.1. The molecule has 0 aromatic carbocycles. The molecule has 2 heterocycles. The largest absolute Gasteiger partial charge is 0.384 e. The van der Waals surface area contributed by atoms with Crippen LogP contribution < -0.4 is 10.6 Å². The van der Waals surface area contributed by atoms with Gasteiger partial charge in [0, 0.05) is 44.3 Å². The predicted octanol–water partition coefficient (Wildman–Crippen LogP) is 1.67. The Morgan fingerprint density at radius 3 is 2.67 bits per heavy atom. The van der Waals surface area contributed by atoms with Gasteiger partial charge in [-0.3, -0.25) is 9.78 Å². The second-order valence-electron chi connectivity index (χ2n) is 4.52. The van der Waals surface area contributed by atoms with Gasteiger partial charge in [-0.25, -0.2) is 9.97 Å². The van der Waals surface area contributed by atoms with Crippen LogP contribution in [0.1, 0.15) is 29.5 Å². The van der Waals surface area contributed by atoms with Gasteiger partial charge in [-0.1, -0.05) is 6.92 Å². The number of hydrogen-bond acceptors (Lipinski definition) is 5. The van der Waals surface area contributed by atoms with Crippen LogP contribution in [-0.2, 0) is 6.42 Å². The van der Waals surface area contributed by atoms with Crippen molar-refractivity contribution in [1.29, 1.82) is 0 Å². The van der Waals surface area contributed by atoms with Gasteiger partial charge < -0.3 is 10.6 Å². The molecule has 2 rings (SSSR count). The first-order valence-electron chi connectivity index (χ1n) is 7.02. The fraction of sp³-hybridized carbons (Fsp3) is 0.333. The van der Waals surface area contributed by atoms with Crippen LogP contribution in [0.25, 0.3) is 0 Å². The van der Waals surface area contributed by atoms with Crippen LogP contribution in [0.4, 0.5) is 5.69 Å². The number of carbonyl (C=O) groups is 1. The van der Waals surface area contributed by atoms with Gasteiger partial charge in [-0.05, 0) is 18.6 Å². The molecule has 21 heavy (non-hydrogen) atoms. The molecule has 0 aliphatic carbocycles. The molecule has 0 unspecified atom stereocenters. The minimum atomic E-state index is -0.140. The monoisotopic (exact) mass is 285 g/mol. The fourth-order valence-corrected chi connectivity index (χ4v) is 1.75. The predicted molar refractivity (Wildman–Crippen MR) is 81.1 cm³/mol. The standard InChI is InChI=1S/C15H19N5O/c1-2-14-19-9-12(10-20-14)15(21)18-8-4-7-17-13-5-3-6-16-11-13/h3,5-6,9-11,17H,2,4,7-8H2,1H3,(H,18,21). The third-order valence-electron chi connectivity index (χ3n) is 2.91. The molecule has 0 saturated carbocycles. The Hall–Kier alpha value is -2.50. The van der Waals surface area contributed by atoms with Crippen molar-refractivity contribution < 1.29 is 4.79 Å². The van der Waals surface area contributed by atoms with E-state index in [0.29, 0.717) is 12.1 Å². The highest BCUT2D eigenvalue weighted by Gasteiger charge is 2.05. The summed E-state index contributed by atoms with van der Waals surface area (Å²) in [6.07, 6.45) is 8.23. The number of amides is 1. The minimum absolute atomic E-state index is 0.140. The summed E-state index contributed by atoms with van der Waals surface area (Å²) in [5, 5.41) is 6.08. The maximum absolute atomic E-state index is 11.9. The van der Waals surface area contributed by atoms with E-state index in [0.717, 1.165) is 30.9 Å². The van der Waals surface area contributed by atoms with Gasteiger partial charge >= 0.3 is 0 Å². The first-order valence-corrected chi connectivity index (χ1v) is 7.02. The van der Waals surface area contributed by atoms with E-state index < -0.39 is 0 Å². The summed E-state index contributed by atoms with van der Waals surface area (Å²) in [5.74, 6) is 0.603. The van der Waals surface area contributed by atoms with Crippen molar-refractivity contribution >= 4 is 11.6 Å². The Bertz CT molecular complexity index is 556. The average Bonchev–Trinajstić information content (AvgIpc) is 2.55. The number of rotatable bonds is 7. The van der Waals surface area contributed by atoms with Gasteiger partial charge in [0.25, 0.3) is 5.91 Å². The van der Waals surface area contributed by atoms with E-state index in [9.17, 15) is 4.79 Å². The Labute approximate surface area is 124 Å². The van der Waals surface area contributed by atoms with E-state index in [-0.39, 0.29) is 5.91 Å². The van der Waals surface area contributed by atoms with Crippen LogP contribution in [0.2, 0.25) is 0 Å². The van der Waals surface area contributed by atoms with E-state index in [4.69, 9.17) is 0 Å². The second kappa shape index (κ2) is 7.94. The molecule has 0 aliphatic heterocycles. The highest BCUT2D eigenvalue weighted by atomic mass is 16.1. The number of hydrogen-bond donors (Lipinski definition) is 2. The number of pyridine rings is 1. The lowest BCUT2D eigenvalue weighted by Crippen LogP contribution is -2.26. The van der Waals surface area contributed by atoms with Gasteiger partial charge in [0.15, 0.2) is 0 Å². The summed E-state index contributed by atoms with van der Waals surface area (Å²) in [4.78, 5) is 24.1. The van der Waals surface area contributed by atoms with E-state index in [2.05, 4.69) is 25.6 Å². The van der Waals surface area contributed by atoms with Crippen molar-refractivity contribution in [2.45, 2.75) is 19.8 Å². The molecular formula is C15H19N5O. The highest BCUT2D eigenvalue weighted by Crippen LogP contribution is 2.02. The number of nitrogens with zero attached hydrogens (tertiary/aromatic N) is 3. The number of nitrogens with one attached hydrogen (secondary N) is 2. The number of anilines is 1. The molecule has 0 fully saturated rings. The van der Waals surface area contributed by atoms with Crippen LogP contribution in [-0.4, -0.2) is 33.9 Å². The molecule has 0 bridgehead atoms. The molecule has 2 aromatic rings. The molecule has 2 aromatic heterocycles. The van der Waals surface area contributed by atoms with Crippen molar-refractivity contribution in [2.24, 2.45) is 0 Å². The molecule has 2 N–H and O–H groups in total.